The van der Waals surface area contributed by atoms with E-state index in [9.17, 15) is 4.79 Å². The highest BCUT2D eigenvalue weighted by Crippen LogP contribution is 2.30. The summed E-state index contributed by atoms with van der Waals surface area (Å²) in [5.41, 5.74) is 5.72. The quantitative estimate of drug-likeness (QED) is 0.812. The molecule has 2 fully saturated rings. The summed E-state index contributed by atoms with van der Waals surface area (Å²) in [5.74, 6) is 2.28. The van der Waals surface area contributed by atoms with E-state index in [1.165, 1.54) is 57.8 Å². The predicted octanol–water partition coefficient (Wildman–Crippen LogP) is 3.23. The SMILES string of the molecule is CC(NC(=O)CC1CCC(CN)CC1)C1CCCCC1. The molecule has 0 saturated heterocycles. The molecule has 0 spiro atoms. The lowest BCUT2D eigenvalue weighted by Crippen LogP contribution is -2.39. The smallest absolute Gasteiger partial charge is 0.220 e. The van der Waals surface area contributed by atoms with Crippen LogP contribution in [0.5, 0.6) is 0 Å². The Morgan fingerprint density at radius 1 is 1.05 bits per heavy atom. The molecular weight excluding hydrogens is 248 g/mol. The van der Waals surface area contributed by atoms with E-state index >= 15 is 0 Å². The van der Waals surface area contributed by atoms with E-state index in [0.29, 0.717) is 23.8 Å². The van der Waals surface area contributed by atoms with Crippen molar-refractivity contribution in [2.45, 2.75) is 77.2 Å². The van der Waals surface area contributed by atoms with Gasteiger partial charge in [-0.3, -0.25) is 4.79 Å². The Bertz CT molecular complexity index is 291. The van der Waals surface area contributed by atoms with Crippen LogP contribution in [0.4, 0.5) is 0 Å². The molecule has 0 aromatic carbocycles. The Hall–Kier alpha value is -0.570. The Labute approximate surface area is 124 Å². The lowest BCUT2D eigenvalue weighted by molar-refractivity contribution is -0.123. The summed E-state index contributed by atoms with van der Waals surface area (Å²) >= 11 is 0. The monoisotopic (exact) mass is 280 g/mol. The van der Waals surface area contributed by atoms with Crippen molar-refractivity contribution in [2.75, 3.05) is 6.54 Å². The molecule has 1 amide bonds. The van der Waals surface area contributed by atoms with Crippen molar-refractivity contribution in [2.24, 2.45) is 23.5 Å². The van der Waals surface area contributed by atoms with E-state index in [1.807, 2.05) is 0 Å². The summed E-state index contributed by atoms with van der Waals surface area (Å²) < 4.78 is 0. The normalized spacial score (nSPS) is 29.9. The van der Waals surface area contributed by atoms with Crippen LogP contribution in [0.3, 0.4) is 0 Å². The van der Waals surface area contributed by atoms with Gasteiger partial charge in [-0.15, -0.1) is 0 Å². The number of nitrogens with two attached hydrogens (primary N) is 1. The fourth-order valence-electron chi connectivity index (χ4n) is 4.00. The standard InChI is InChI=1S/C17H32N2O/c1-13(16-5-3-2-4-6-16)19-17(20)11-14-7-9-15(12-18)10-8-14/h13-16H,2-12,18H2,1H3,(H,19,20). The lowest BCUT2D eigenvalue weighted by atomic mass is 9.80. The highest BCUT2D eigenvalue weighted by atomic mass is 16.1. The molecule has 2 saturated carbocycles. The van der Waals surface area contributed by atoms with Crippen LogP contribution in [0.25, 0.3) is 0 Å². The average molecular weight is 280 g/mol. The fourth-order valence-corrected chi connectivity index (χ4v) is 4.00. The minimum absolute atomic E-state index is 0.277. The molecule has 3 heteroatoms. The van der Waals surface area contributed by atoms with Gasteiger partial charge in [0, 0.05) is 12.5 Å². The Morgan fingerprint density at radius 2 is 1.65 bits per heavy atom. The van der Waals surface area contributed by atoms with Gasteiger partial charge >= 0.3 is 0 Å². The number of hydrogen-bond donors (Lipinski definition) is 2. The van der Waals surface area contributed by atoms with Crippen LogP contribution in [-0.2, 0) is 4.79 Å². The molecule has 1 unspecified atom stereocenters. The van der Waals surface area contributed by atoms with Crippen molar-refractivity contribution >= 4 is 5.91 Å². The molecule has 0 aromatic heterocycles. The number of carbonyl (C=O) groups excluding carboxylic acids is 1. The molecule has 1 atom stereocenters. The third-order valence-corrected chi connectivity index (χ3v) is 5.52. The van der Waals surface area contributed by atoms with Gasteiger partial charge in [0.25, 0.3) is 0 Å². The van der Waals surface area contributed by atoms with E-state index in [4.69, 9.17) is 5.73 Å². The van der Waals surface area contributed by atoms with Crippen LogP contribution >= 0.6 is 0 Å². The van der Waals surface area contributed by atoms with E-state index in [0.717, 1.165) is 13.0 Å². The highest BCUT2D eigenvalue weighted by molar-refractivity contribution is 5.76. The van der Waals surface area contributed by atoms with Crippen molar-refractivity contribution in [1.29, 1.82) is 0 Å². The Balaban J connectivity index is 1.67. The zero-order valence-corrected chi connectivity index (χ0v) is 13.1. The lowest BCUT2D eigenvalue weighted by Gasteiger charge is -2.30. The average Bonchev–Trinajstić information content (AvgIpc) is 2.49. The maximum Gasteiger partial charge on any atom is 0.220 e. The predicted molar refractivity (Wildman–Crippen MR) is 83.3 cm³/mol. The highest BCUT2D eigenvalue weighted by Gasteiger charge is 2.25. The Kier molecular flexibility index (Phi) is 6.34. The molecule has 0 bridgehead atoms. The van der Waals surface area contributed by atoms with Crippen molar-refractivity contribution in [3.05, 3.63) is 0 Å². The van der Waals surface area contributed by atoms with E-state index < -0.39 is 0 Å². The Morgan fingerprint density at radius 3 is 2.25 bits per heavy atom. The molecule has 0 heterocycles. The van der Waals surface area contributed by atoms with Gasteiger partial charge in [-0.05, 0) is 69.7 Å². The molecule has 3 nitrogen and oxygen atoms in total. The van der Waals surface area contributed by atoms with Crippen LogP contribution < -0.4 is 11.1 Å². The van der Waals surface area contributed by atoms with E-state index in [2.05, 4.69) is 12.2 Å². The topological polar surface area (TPSA) is 55.1 Å². The third-order valence-electron chi connectivity index (χ3n) is 5.52. The minimum atomic E-state index is 0.277. The molecule has 0 radical (unpaired) electrons. The van der Waals surface area contributed by atoms with Gasteiger partial charge < -0.3 is 11.1 Å². The van der Waals surface area contributed by atoms with Gasteiger partial charge in [0.15, 0.2) is 0 Å². The molecular formula is C17H32N2O. The van der Waals surface area contributed by atoms with Crippen molar-refractivity contribution in [3.8, 4) is 0 Å². The molecule has 20 heavy (non-hydrogen) atoms. The summed E-state index contributed by atoms with van der Waals surface area (Å²) in [5, 5.41) is 3.26. The van der Waals surface area contributed by atoms with E-state index in [-0.39, 0.29) is 5.91 Å². The van der Waals surface area contributed by atoms with Crippen LogP contribution in [0, 0.1) is 17.8 Å². The van der Waals surface area contributed by atoms with E-state index in [1.54, 1.807) is 0 Å². The van der Waals surface area contributed by atoms with Gasteiger partial charge in [0.05, 0.1) is 0 Å². The maximum absolute atomic E-state index is 12.2. The zero-order chi connectivity index (χ0) is 14.4. The second-order valence-electron chi connectivity index (χ2n) is 7.08. The first-order valence-corrected chi connectivity index (χ1v) is 8.68. The molecule has 3 N–H and O–H groups in total. The summed E-state index contributed by atoms with van der Waals surface area (Å²) in [4.78, 5) is 12.2. The fraction of sp³-hybridized carbons (Fsp3) is 0.941. The van der Waals surface area contributed by atoms with Gasteiger partial charge in [-0.25, -0.2) is 0 Å². The summed E-state index contributed by atoms with van der Waals surface area (Å²) in [6.45, 7) is 3.01. The third kappa shape index (κ3) is 4.76. The largest absolute Gasteiger partial charge is 0.353 e. The molecule has 0 aromatic rings. The second-order valence-corrected chi connectivity index (χ2v) is 7.08. The first kappa shape index (κ1) is 15.8. The van der Waals surface area contributed by atoms with Gasteiger partial charge in [0.2, 0.25) is 5.91 Å². The van der Waals surface area contributed by atoms with Crippen molar-refractivity contribution in [3.63, 3.8) is 0 Å². The van der Waals surface area contributed by atoms with Crippen LogP contribution in [0.1, 0.15) is 71.1 Å². The summed E-state index contributed by atoms with van der Waals surface area (Å²) in [7, 11) is 0. The number of carbonyl (C=O) groups is 1. The summed E-state index contributed by atoms with van der Waals surface area (Å²) in [6.07, 6.45) is 12.2. The maximum atomic E-state index is 12.2. The first-order valence-electron chi connectivity index (χ1n) is 8.68. The number of rotatable bonds is 5. The molecule has 2 aliphatic rings. The molecule has 116 valence electrons. The number of hydrogen-bond acceptors (Lipinski definition) is 2. The first-order chi connectivity index (χ1) is 9.69. The van der Waals surface area contributed by atoms with Crippen LogP contribution in [0.15, 0.2) is 0 Å². The molecule has 2 aliphatic carbocycles. The number of amides is 1. The van der Waals surface area contributed by atoms with Gasteiger partial charge in [-0.1, -0.05) is 19.3 Å². The van der Waals surface area contributed by atoms with Crippen LogP contribution in [0.2, 0.25) is 0 Å². The minimum Gasteiger partial charge on any atom is -0.353 e. The van der Waals surface area contributed by atoms with Gasteiger partial charge in [0.1, 0.15) is 0 Å². The summed E-state index contributed by atoms with van der Waals surface area (Å²) in [6, 6.07) is 0.364. The molecule has 0 aliphatic heterocycles. The van der Waals surface area contributed by atoms with Gasteiger partial charge in [-0.2, -0.15) is 0 Å². The number of nitrogens with one attached hydrogen (secondary N) is 1. The van der Waals surface area contributed by atoms with Crippen LogP contribution in [-0.4, -0.2) is 18.5 Å². The second kappa shape index (κ2) is 8.02. The zero-order valence-electron chi connectivity index (χ0n) is 13.1. The molecule has 2 rings (SSSR count). The van der Waals surface area contributed by atoms with Crippen molar-refractivity contribution < 1.29 is 4.79 Å². The van der Waals surface area contributed by atoms with Crippen molar-refractivity contribution in [1.82, 2.24) is 5.32 Å².